The third-order valence-corrected chi connectivity index (χ3v) is 3.55. The maximum Gasteiger partial charge on any atom is 0.252 e. The van der Waals surface area contributed by atoms with Crippen LogP contribution in [0.4, 0.5) is 0 Å². The Labute approximate surface area is 127 Å². The summed E-state index contributed by atoms with van der Waals surface area (Å²) < 4.78 is 1.78. The number of amides is 1. The van der Waals surface area contributed by atoms with Crippen LogP contribution in [0.15, 0.2) is 29.9 Å². The van der Waals surface area contributed by atoms with Crippen molar-refractivity contribution in [1.82, 2.24) is 15.1 Å². The summed E-state index contributed by atoms with van der Waals surface area (Å²) in [5.41, 5.74) is 0.612. The molecule has 0 bridgehead atoms. The molecule has 0 aliphatic heterocycles. The zero-order valence-corrected chi connectivity index (χ0v) is 12.6. The van der Waals surface area contributed by atoms with E-state index in [1.54, 1.807) is 22.3 Å². The van der Waals surface area contributed by atoms with Gasteiger partial charge in [0.15, 0.2) is 0 Å². The quantitative estimate of drug-likeness (QED) is 0.823. The predicted octanol–water partition coefficient (Wildman–Crippen LogP) is 1.50. The van der Waals surface area contributed by atoms with Crippen LogP contribution < -0.4 is 5.32 Å². The van der Waals surface area contributed by atoms with E-state index >= 15 is 0 Å². The molecule has 0 aromatic carbocycles. The Morgan fingerprint density at radius 2 is 2.48 bits per heavy atom. The van der Waals surface area contributed by atoms with Gasteiger partial charge < -0.3 is 10.4 Å². The molecule has 0 spiro atoms. The highest BCUT2D eigenvalue weighted by atomic mass is 32.1. The Morgan fingerprint density at radius 1 is 1.62 bits per heavy atom. The number of hydrogen-bond donors (Lipinski definition) is 2. The lowest BCUT2D eigenvalue weighted by molar-refractivity contribution is 0.0936. The van der Waals surface area contributed by atoms with Crippen molar-refractivity contribution >= 4 is 17.2 Å². The van der Waals surface area contributed by atoms with Crippen LogP contribution in [-0.4, -0.2) is 33.4 Å². The van der Waals surface area contributed by atoms with Crippen LogP contribution in [0, 0.1) is 11.8 Å². The van der Waals surface area contributed by atoms with Gasteiger partial charge in [-0.15, -0.1) is 11.3 Å². The van der Waals surface area contributed by atoms with Gasteiger partial charge in [-0.1, -0.05) is 11.8 Å². The average Bonchev–Trinajstić information content (AvgIpc) is 3.10. The van der Waals surface area contributed by atoms with Gasteiger partial charge in [0, 0.05) is 30.2 Å². The summed E-state index contributed by atoms with van der Waals surface area (Å²) in [6.45, 7) is 2.62. The first-order chi connectivity index (χ1) is 10.2. The van der Waals surface area contributed by atoms with Gasteiger partial charge in [0.25, 0.3) is 5.91 Å². The minimum atomic E-state index is -0.110. The molecular weight excluding hydrogens is 286 g/mol. The normalized spacial score (nSPS) is 11.5. The van der Waals surface area contributed by atoms with E-state index < -0.39 is 0 Å². The van der Waals surface area contributed by atoms with Crippen molar-refractivity contribution in [2.75, 3.05) is 6.61 Å². The van der Waals surface area contributed by atoms with E-state index in [4.69, 9.17) is 5.11 Å². The summed E-state index contributed by atoms with van der Waals surface area (Å²) in [5, 5.41) is 17.5. The first kappa shape index (κ1) is 15.3. The van der Waals surface area contributed by atoms with Gasteiger partial charge in [0.1, 0.15) is 0 Å². The van der Waals surface area contributed by atoms with Crippen molar-refractivity contribution in [3.8, 4) is 11.8 Å². The van der Waals surface area contributed by atoms with Crippen molar-refractivity contribution in [2.45, 2.75) is 25.9 Å². The summed E-state index contributed by atoms with van der Waals surface area (Å²) in [6.07, 6.45) is 4.02. The van der Waals surface area contributed by atoms with Gasteiger partial charge in [-0.05, 0) is 19.1 Å². The topological polar surface area (TPSA) is 67.2 Å². The molecule has 1 amide bonds. The van der Waals surface area contributed by atoms with Gasteiger partial charge >= 0.3 is 0 Å². The Balaban J connectivity index is 1.90. The Bertz CT molecular complexity index is 637. The summed E-state index contributed by atoms with van der Waals surface area (Å²) in [4.78, 5) is 12.9. The average molecular weight is 303 g/mol. The van der Waals surface area contributed by atoms with Crippen LogP contribution in [0.1, 0.15) is 28.6 Å². The monoisotopic (exact) mass is 303 g/mol. The van der Waals surface area contributed by atoms with Crippen LogP contribution >= 0.6 is 11.3 Å². The van der Waals surface area contributed by atoms with E-state index in [-0.39, 0.29) is 18.6 Å². The minimum absolute atomic E-state index is 0.0128. The molecule has 6 heteroatoms. The largest absolute Gasteiger partial charge is 0.395 e. The number of aliphatic hydroxyl groups excluding tert-OH is 1. The lowest BCUT2D eigenvalue weighted by Gasteiger charge is -2.13. The summed E-state index contributed by atoms with van der Waals surface area (Å²) in [7, 11) is 0. The molecule has 1 atom stereocenters. The van der Waals surface area contributed by atoms with Crippen molar-refractivity contribution < 1.29 is 9.90 Å². The second-order valence-electron chi connectivity index (χ2n) is 4.58. The number of nitrogens with one attached hydrogen (secondary N) is 1. The fourth-order valence-electron chi connectivity index (χ4n) is 1.77. The van der Waals surface area contributed by atoms with Gasteiger partial charge in [-0.3, -0.25) is 9.48 Å². The number of thiophene rings is 1. The molecule has 1 unspecified atom stereocenters. The highest BCUT2D eigenvalue weighted by Gasteiger charge is 2.11. The van der Waals surface area contributed by atoms with E-state index in [9.17, 15) is 4.79 Å². The molecule has 0 aliphatic rings. The number of carbonyl (C=O) groups is 1. The molecule has 0 saturated carbocycles. The first-order valence-corrected chi connectivity index (χ1v) is 7.53. The van der Waals surface area contributed by atoms with E-state index in [0.717, 1.165) is 4.88 Å². The second-order valence-corrected chi connectivity index (χ2v) is 5.49. The maximum atomic E-state index is 12.1. The first-order valence-electron chi connectivity index (χ1n) is 6.65. The van der Waals surface area contributed by atoms with Crippen LogP contribution in [0.25, 0.3) is 0 Å². The molecule has 0 radical (unpaired) electrons. The molecule has 0 aliphatic carbocycles. The lowest BCUT2D eigenvalue weighted by atomic mass is 10.2. The molecule has 0 fully saturated rings. The molecular formula is C15H17N3O2S. The number of hydrogen-bond acceptors (Lipinski definition) is 4. The Morgan fingerprint density at radius 3 is 3.19 bits per heavy atom. The van der Waals surface area contributed by atoms with Crippen molar-refractivity contribution in [1.29, 1.82) is 0 Å². The Kier molecular flexibility index (Phi) is 5.55. The van der Waals surface area contributed by atoms with Crippen molar-refractivity contribution in [3.05, 3.63) is 40.3 Å². The molecule has 2 heterocycles. The highest BCUT2D eigenvalue weighted by molar-refractivity contribution is 7.10. The van der Waals surface area contributed by atoms with Crippen LogP contribution in [-0.2, 0) is 6.54 Å². The third kappa shape index (κ3) is 4.74. The van der Waals surface area contributed by atoms with E-state index in [2.05, 4.69) is 22.3 Å². The van der Waals surface area contributed by atoms with Gasteiger partial charge in [-0.2, -0.15) is 5.10 Å². The van der Waals surface area contributed by atoms with E-state index in [1.165, 1.54) is 11.3 Å². The number of aliphatic hydroxyl groups is 1. The van der Waals surface area contributed by atoms with Crippen LogP contribution in [0.3, 0.4) is 0 Å². The van der Waals surface area contributed by atoms with Gasteiger partial charge in [-0.25, -0.2) is 0 Å². The fraction of sp³-hybridized carbons (Fsp3) is 0.333. The standard InChI is InChI=1S/C15H17N3O2S/c1-12(10-18-7-4-6-16-18)17-15(20)13-9-14(21-11-13)5-2-3-8-19/h4,6-7,9,11-12,19H,3,8,10H2,1H3,(H,17,20). The SMILES string of the molecule is CC(Cn1cccn1)NC(=O)c1csc(C#CCCO)c1. The van der Waals surface area contributed by atoms with Gasteiger partial charge in [0.05, 0.1) is 23.6 Å². The van der Waals surface area contributed by atoms with E-state index in [1.807, 2.05) is 19.2 Å². The molecule has 5 nitrogen and oxygen atoms in total. The molecule has 110 valence electrons. The maximum absolute atomic E-state index is 12.1. The minimum Gasteiger partial charge on any atom is -0.395 e. The molecule has 2 aromatic heterocycles. The second kappa shape index (κ2) is 7.62. The van der Waals surface area contributed by atoms with E-state index in [0.29, 0.717) is 18.5 Å². The number of rotatable bonds is 5. The molecule has 21 heavy (non-hydrogen) atoms. The van der Waals surface area contributed by atoms with Crippen molar-refractivity contribution in [2.24, 2.45) is 0 Å². The Hall–Kier alpha value is -2.10. The highest BCUT2D eigenvalue weighted by Crippen LogP contribution is 2.13. The summed E-state index contributed by atoms with van der Waals surface area (Å²) in [5.74, 6) is 5.66. The molecule has 2 rings (SSSR count). The lowest BCUT2D eigenvalue weighted by Crippen LogP contribution is -2.35. The zero-order valence-electron chi connectivity index (χ0n) is 11.7. The molecule has 2 N–H and O–H groups in total. The summed E-state index contributed by atoms with van der Waals surface area (Å²) >= 11 is 1.43. The van der Waals surface area contributed by atoms with Crippen LogP contribution in [0.5, 0.6) is 0 Å². The fourth-order valence-corrected chi connectivity index (χ4v) is 2.52. The number of aromatic nitrogens is 2. The number of carbonyl (C=O) groups excluding carboxylic acids is 1. The van der Waals surface area contributed by atoms with Crippen molar-refractivity contribution in [3.63, 3.8) is 0 Å². The predicted molar refractivity (Wildman–Crippen MR) is 82.1 cm³/mol. The van der Waals surface area contributed by atoms with Gasteiger partial charge in [0.2, 0.25) is 0 Å². The number of nitrogens with zero attached hydrogens (tertiary/aromatic N) is 2. The smallest absolute Gasteiger partial charge is 0.252 e. The molecule has 2 aromatic rings. The zero-order chi connectivity index (χ0) is 15.1. The van der Waals surface area contributed by atoms with Crippen LogP contribution in [0.2, 0.25) is 0 Å². The summed E-state index contributed by atoms with van der Waals surface area (Å²) in [6, 6.07) is 3.61. The molecule has 0 saturated heterocycles. The third-order valence-electron chi connectivity index (χ3n) is 2.71.